The molecule has 5 heteroatoms. The zero-order valence-corrected chi connectivity index (χ0v) is 8.89. The molecule has 2 aliphatic rings. The zero-order chi connectivity index (χ0) is 10.7. The molecule has 1 unspecified atom stereocenters. The molecule has 2 heterocycles. The number of carbonyl (C=O) groups excluding carboxylic acids is 1. The number of aliphatic hydroxyl groups is 1. The van der Waals surface area contributed by atoms with E-state index in [9.17, 15) is 4.79 Å². The molecule has 2 aliphatic heterocycles. The van der Waals surface area contributed by atoms with Crippen molar-refractivity contribution in [3.05, 3.63) is 0 Å². The van der Waals surface area contributed by atoms with Gasteiger partial charge in [0.25, 0.3) is 0 Å². The molecule has 1 atom stereocenters. The minimum Gasteiger partial charge on any atom is -0.387 e. The highest BCUT2D eigenvalue weighted by atomic mass is 16.5. The average Bonchev–Trinajstić information content (AvgIpc) is 2.78. The Morgan fingerprint density at radius 2 is 2.07 bits per heavy atom. The van der Waals surface area contributed by atoms with Gasteiger partial charge in [0.15, 0.2) is 0 Å². The summed E-state index contributed by atoms with van der Waals surface area (Å²) in [6.45, 7) is 4.70. The molecule has 0 aliphatic carbocycles. The Balaban J connectivity index is 1.83. The number of hydrogen-bond acceptors (Lipinski definition) is 4. The van der Waals surface area contributed by atoms with Crippen molar-refractivity contribution in [3.8, 4) is 0 Å². The number of hydrogen-bond donors (Lipinski definition) is 1. The molecule has 0 radical (unpaired) electrons. The van der Waals surface area contributed by atoms with E-state index in [1.54, 1.807) is 4.90 Å². The van der Waals surface area contributed by atoms with Crippen molar-refractivity contribution in [2.45, 2.75) is 12.5 Å². The van der Waals surface area contributed by atoms with Crippen LogP contribution in [0.15, 0.2) is 0 Å². The van der Waals surface area contributed by atoms with Crippen LogP contribution >= 0.6 is 0 Å². The third kappa shape index (κ3) is 2.48. The van der Waals surface area contributed by atoms with Crippen LogP contribution in [0.4, 0.5) is 0 Å². The summed E-state index contributed by atoms with van der Waals surface area (Å²) in [6.07, 6.45) is 1.02. The summed E-state index contributed by atoms with van der Waals surface area (Å²) in [6, 6.07) is 0.462. The van der Waals surface area contributed by atoms with Gasteiger partial charge in [-0.2, -0.15) is 0 Å². The van der Waals surface area contributed by atoms with E-state index in [-0.39, 0.29) is 12.5 Å². The molecule has 0 aromatic carbocycles. The topological polar surface area (TPSA) is 53.0 Å². The summed E-state index contributed by atoms with van der Waals surface area (Å²) in [5.41, 5.74) is 0. The Morgan fingerprint density at radius 1 is 1.33 bits per heavy atom. The van der Waals surface area contributed by atoms with E-state index in [1.165, 1.54) is 0 Å². The Bertz CT molecular complexity index is 229. The average molecular weight is 214 g/mol. The molecule has 0 spiro atoms. The van der Waals surface area contributed by atoms with Gasteiger partial charge in [-0.05, 0) is 6.42 Å². The van der Waals surface area contributed by atoms with E-state index in [1.807, 2.05) is 0 Å². The molecule has 1 N–H and O–H groups in total. The molecular weight excluding hydrogens is 196 g/mol. The maximum absolute atomic E-state index is 11.3. The molecule has 5 nitrogen and oxygen atoms in total. The van der Waals surface area contributed by atoms with Gasteiger partial charge in [0.1, 0.15) is 6.61 Å². The number of aliphatic hydroxyl groups excluding tert-OH is 1. The van der Waals surface area contributed by atoms with Crippen molar-refractivity contribution >= 4 is 5.91 Å². The van der Waals surface area contributed by atoms with Crippen LogP contribution in [-0.2, 0) is 9.53 Å². The standard InChI is InChI=1S/C10H18N2O3/c13-8-10(14)12-2-1-9(7-12)11-3-5-15-6-4-11/h9,13H,1-8H2. The van der Waals surface area contributed by atoms with Crippen LogP contribution < -0.4 is 0 Å². The van der Waals surface area contributed by atoms with Crippen LogP contribution in [0.5, 0.6) is 0 Å². The Morgan fingerprint density at radius 3 is 2.73 bits per heavy atom. The largest absolute Gasteiger partial charge is 0.387 e. The second-order valence-electron chi connectivity index (χ2n) is 4.09. The summed E-state index contributed by atoms with van der Waals surface area (Å²) in [7, 11) is 0. The van der Waals surface area contributed by atoms with Gasteiger partial charge >= 0.3 is 0 Å². The smallest absolute Gasteiger partial charge is 0.248 e. The first-order chi connectivity index (χ1) is 7.31. The van der Waals surface area contributed by atoms with Crippen molar-refractivity contribution in [2.24, 2.45) is 0 Å². The number of morpholine rings is 1. The number of rotatable bonds is 2. The lowest BCUT2D eigenvalue weighted by Gasteiger charge is -2.31. The highest BCUT2D eigenvalue weighted by Crippen LogP contribution is 2.16. The molecule has 1 amide bonds. The van der Waals surface area contributed by atoms with Crippen molar-refractivity contribution in [2.75, 3.05) is 46.0 Å². The van der Waals surface area contributed by atoms with Gasteiger partial charge in [-0.1, -0.05) is 0 Å². The molecular formula is C10H18N2O3. The van der Waals surface area contributed by atoms with Crippen LogP contribution in [0.3, 0.4) is 0 Å². The minimum atomic E-state index is -0.365. The highest BCUT2D eigenvalue weighted by Gasteiger charge is 2.30. The van der Waals surface area contributed by atoms with Crippen molar-refractivity contribution in [1.82, 2.24) is 9.80 Å². The maximum atomic E-state index is 11.3. The van der Waals surface area contributed by atoms with Crippen LogP contribution in [0.1, 0.15) is 6.42 Å². The monoisotopic (exact) mass is 214 g/mol. The lowest BCUT2D eigenvalue weighted by atomic mass is 10.2. The van der Waals surface area contributed by atoms with Gasteiger partial charge < -0.3 is 14.7 Å². The third-order valence-corrected chi connectivity index (χ3v) is 3.21. The Hall–Kier alpha value is -0.650. The molecule has 2 fully saturated rings. The van der Waals surface area contributed by atoms with E-state index in [0.29, 0.717) is 6.04 Å². The Kier molecular flexibility index (Phi) is 3.56. The van der Waals surface area contributed by atoms with Gasteiger partial charge in [-0.25, -0.2) is 0 Å². The van der Waals surface area contributed by atoms with E-state index in [4.69, 9.17) is 9.84 Å². The van der Waals surface area contributed by atoms with Crippen molar-refractivity contribution < 1.29 is 14.6 Å². The fourth-order valence-electron chi connectivity index (χ4n) is 2.31. The number of ether oxygens (including phenoxy) is 1. The van der Waals surface area contributed by atoms with E-state index >= 15 is 0 Å². The second-order valence-corrected chi connectivity index (χ2v) is 4.09. The first kappa shape index (κ1) is 10.9. The molecule has 0 saturated carbocycles. The molecule has 2 rings (SSSR count). The normalized spacial score (nSPS) is 28.3. The molecule has 2 saturated heterocycles. The molecule has 86 valence electrons. The molecule has 15 heavy (non-hydrogen) atoms. The number of amides is 1. The predicted octanol–water partition coefficient (Wildman–Crippen LogP) is -1.09. The summed E-state index contributed by atoms with van der Waals surface area (Å²) in [5.74, 6) is -0.147. The second kappa shape index (κ2) is 4.92. The first-order valence-electron chi connectivity index (χ1n) is 5.51. The zero-order valence-electron chi connectivity index (χ0n) is 8.89. The summed E-state index contributed by atoms with van der Waals surface area (Å²) in [4.78, 5) is 15.4. The van der Waals surface area contributed by atoms with Gasteiger partial charge in [-0.15, -0.1) is 0 Å². The van der Waals surface area contributed by atoms with Crippen LogP contribution in [0.2, 0.25) is 0 Å². The predicted molar refractivity (Wildman–Crippen MR) is 54.5 cm³/mol. The highest BCUT2D eigenvalue weighted by molar-refractivity contribution is 5.77. The number of likely N-dealkylation sites (tertiary alicyclic amines) is 1. The first-order valence-corrected chi connectivity index (χ1v) is 5.51. The fourth-order valence-corrected chi connectivity index (χ4v) is 2.31. The SMILES string of the molecule is O=C(CO)N1CCC(N2CCOCC2)C1. The molecule has 0 bridgehead atoms. The quantitative estimate of drug-likeness (QED) is 0.635. The van der Waals surface area contributed by atoms with E-state index in [0.717, 1.165) is 45.8 Å². The van der Waals surface area contributed by atoms with Crippen molar-refractivity contribution in [1.29, 1.82) is 0 Å². The maximum Gasteiger partial charge on any atom is 0.248 e. The van der Waals surface area contributed by atoms with Crippen LogP contribution in [0, 0.1) is 0 Å². The van der Waals surface area contributed by atoms with Gasteiger partial charge in [0.2, 0.25) is 5.91 Å². The summed E-state index contributed by atoms with van der Waals surface area (Å²) < 4.78 is 5.29. The van der Waals surface area contributed by atoms with Crippen LogP contribution in [0.25, 0.3) is 0 Å². The van der Waals surface area contributed by atoms with E-state index < -0.39 is 0 Å². The van der Waals surface area contributed by atoms with E-state index in [2.05, 4.69) is 4.90 Å². The van der Waals surface area contributed by atoms with Gasteiger partial charge in [0, 0.05) is 32.2 Å². The third-order valence-electron chi connectivity index (χ3n) is 3.21. The summed E-state index contributed by atoms with van der Waals surface area (Å²) >= 11 is 0. The van der Waals surface area contributed by atoms with Gasteiger partial charge in [0.05, 0.1) is 13.2 Å². The van der Waals surface area contributed by atoms with Crippen LogP contribution in [-0.4, -0.2) is 72.9 Å². The lowest BCUT2D eigenvalue weighted by molar-refractivity contribution is -0.133. The molecule has 0 aromatic heterocycles. The number of nitrogens with zero attached hydrogens (tertiary/aromatic N) is 2. The lowest BCUT2D eigenvalue weighted by Crippen LogP contribution is -2.45. The summed E-state index contributed by atoms with van der Waals surface area (Å²) in [5, 5.41) is 8.77. The van der Waals surface area contributed by atoms with Crippen molar-refractivity contribution in [3.63, 3.8) is 0 Å². The van der Waals surface area contributed by atoms with Gasteiger partial charge in [-0.3, -0.25) is 9.69 Å². The minimum absolute atomic E-state index is 0.147. The molecule has 0 aromatic rings. The Labute approximate surface area is 89.6 Å². The fraction of sp³-hybridized carbons (Fsp3) is 0.900. The number of carbonyl (C=O) groups is 1.